The minimum absolute atomic E-state index is 0.582. The molecule has 16 heavy (non-hydrogen) atoms. The van der Waals surface area contributed by atoms with Gasteiger partial charge in [0.15, 0.2) is 0 Å². The third-order valence-electron chi connectivity index (χ3n) is 2.68. The minimum atomic E-state index is 0.582. The Bertz CT molecular complexity index is 478. The van der Waals surface area contributed by atoms with Gasteiger partial charge in [0.05, 0.1) is 0 Å². The second kappa shape index (κ2) is 4.81. The summed E-state index contributed by atoms with van der Waals surface area (Å²) in [6.45, 7) is 0.582. The molecule has 0 fully saturated rings. The summed E-state index contributed by atoms with van der Waals surface area (Å²) in [5.41, 5.74) is 16.0. The molecule has 2 nitrogen and oxygen atoms in total. The predicted molar refractivity (Wildman–Crippen MR) is 68.0 cm³/mol. The third-order valence-corrected chi connectivity index (χ3v) is 2.68. The summed E-state index contributed by atoms with van der Waals surface area (Å²) in [7, 11) is 0. The Labute approximate surface area is 95.9 Å². The van der Waals surface area contributed by atoms with Gasteiger partial charge in [0.25, 0.3) is 0 Å². The van der Waals surface area contributed by atoms with Gasteiger partial charge in [0.1, 0.15) is 0 Å². The highest BCUT2D eigenvalue weighted by Gasteiger charge is 2.01. The molecule has 82 valence electrons. The van der Waals surface area contributed by atoms with Crippen molar-refractivity contribution in [3.63, 3.8) is 0 Å². The molecule has 0 bridgehead atoms. The Morgan fingerprint density at radius 3 is 2.31 bits per heavy atom. The second-order valence-corrected chi connectivity index (χ2v) is 3.89. The van der Waals surface area contributed by atoms with Crippen LogP contribution in [0.15, 0.2) is 48.5 Å². The van der Waals surface area contributed by atoms with Crippen LogP contribution < -0.4 is 11.5 Å². The number of hydrogen-bond acceptors (Lipinski definition) is 2. The summed E-state index contributed by atoms with van der Waals surface area (Å²) < 4.78 is 0. The van der Waals surface area contributed by atoms with Crippen molar-refractivity contribution in [2.75, 3.05) is 5.73 Å². The van der Waals surface area contributed by atoms with Crippen LogP contribution in [0, 0.1) is 0 Å². The van der Waals surface area contributed by atoms with Crippen molar-refractivity contribution in [3.8, 4) is 0 Å². The van der Waals surface area contributed by atoms with Crippen LogP contribution in [0.1, 0.15) is 16.7 Å². The van der Waals surface area contributed by atoms with Gasteiger partial charge in [-0.25, -0.2) is 0 Å². The zero-order valence-electron chi connectivity index (χ0n) is 9.19. The van der Waals surface area contributed by atoms with Gasteiger partial charge in [-0.05, 0) is 35.2 Å². The monoisotopic (exact) mass is 212 g/mol. The third kappa shape index (κ3) is 2.41. The van der Waals surface area contributed by atoms with E-state index in [9.17, 15) is 0 Å². The van der Waals surface area contributed by atoms with E-state index in [2.05, 4.69) is 18.2 Å². The Morgan fingerprint density at radius 1 is 0.875 bits per heavy atom. The molecule has 4 N–H and O–H groups in total. The van der Waals surface area contributed by atoms with E-state index in [4.69, 9.17) is 11.5 Å². The average molecular weight is 212 g/mol. The summed E-state index contributed by atoms with van der Waals surface area (Å²) in [4.78, 5) is 0. The quantitative estimate of drug-likeness (QED) is 0.767. The van der Waals surface area contributed by atoms with Crippen molar-refractivity contribution in [2.24, 2.45) is 5.73 Å². The number of nitrogens with two attached hydrogens (primary N) is 2. The van der Waals surface area contributed by atoms with Gasteiger partial charge in [-0.3, -0.25) is 0 Å². The average Bonchev–Trinajstić information content (AvgIpc) is 2.30. The normalized spacial score (nSPS) is 10.3. The zero-order chi connectivity index (χ0) is 11.4. The minimum Gasteiger partial charge on any atom is -0.399 e. The first kappa shape index (κ1) is 10.7. The van der Waals surface area contributed by atoms with E-state index in [1.807, 2.05) is 30.3 Å². The Morgan fingerprint density at radius 2 is 1.62 bits per heavy atom. The van der Waals surface area contributed by atoms with Gasteiger partial charge in [0, 0.05) is 12.2 Å². The van der Waals surface area contributed by atoms with Gasteiger partial charge >= 0.3 is 0 Å². The fraction of sp³-hybridized carbons (Fsp3) is 0.143. The van der Waals surface area contributed by atoms with Crippen molar-refractivity contribution in [2.45, 2.75) is 13.0 Å². The Kier molecular flexibility index (Phi) is 3.22. The molecule has 2 aromatic carbocycles. The molecule has 2 heteroatoms. The molecule has 0 saturated heterocycles. The van der Waals surface area contributed by atoms with E-state index in [1.54, 1.807) is 0 Å². The first-order valence-corrected chi connectivity index (χ1v) is 5.41. The van der Waals surface area contributed by atoms with E-state index in [0.29, 0.717) is 6.54 Å². The molecule has 0 spiro atoms. The molecule has 2 aromatic rings. The standard InChI is InChI=1S/C14H16N2/c15-10-13-6-2-1-5-12(13)8-11-4-3-7-14(16)9-11/h1-7,9H,8,10,15-16H2. The fourth-order valence-corrected chi connectivity index (χ4v) is 1.85. The molecule has 0 heterocycles. The van der Waals surface area contributed by atoms with E-state index in [0.717, 1.165) is 12.1 Å². The molecule has 0 aliphatic rings. The maximum atomic E-state index is 5.76. The topological polar surface area (TPSA) is 52.0 Å². The van der Waals surface area contributed by atoms with E-state index in [-0.39, 0.29) is 0 Å². The smallest absolute Gasteiger partial charge is 0.0316 e. The van der Waals surface area contributed by atoms with Crippen LogP contribution in [0.4, 0.5) is 5.69 Å². The summed E-state index contributed by atoms with van der Waals surface area (Å²) in [5, 5.41) is 0. The van der Waals surface area contributed by atoms with Crippen molar-refractivity contribution in [3.05, 3.63) is 65.2 Å². The zero-order valence-corrected chi connectivity index (χ0v) is 9.19. The molecular weight excluding hydrogens is 196 g/mol. The van der Waals surface area contributed by atoms with Gasteiger partial charge in [-0.15, -0.1) is 0 Å². The molecule has 0 radical (unpaired) electrons. The van der Waals surface area contributed by atoms with Crippen molar-refractivity contribution in [1.82, 2.24) is 0 Å². The number of hydrogen-bond donors (Lipinski definition) is 2. The number of anilines is 1. The SMILES string of the molecule is NCc1ccccc1Cc1cccc(N)c1. The van der Waals surface area contributed by atoms with Gasteiger partial charge in [-0.2, -0.15) is 0 Å². The van der Waals surface area contributed by atoms with Crippen LogP contribution >= 0.6 is 0 Å². The van der Waals surface area contributed by atoms with Crippen LogP contribution in [0.25, 0.3) is 0 Å². The lowest BCUT2D eigenvalue weighted by Gasteiger charge is -2.08. The summed E-state index contributed by atoms with van der Waals surface area (Å²) in [5.74, 6) is 0. The second-order valence-electron chi connectivity index (χ2n) is 3.89. The molecule has 0 aromatic heterocycles. The molecule has 2 rings (SSSR count). The lowest BCUT2D eigenvalue weighted by molar-refractivity contribution is 1.02. The maximum Gasteiger partial charge on any atom is 0.0316 e. The lowest BCUT2D eigenvalue weighted by Crippen LogP contribution is -2.02. The van der Waals surface area contributed by atoms with E-state index < -0.39 is 0 Å². The predicted octanol–water partition coefficient (Wildman–Crippen LogP) is 2.32. The van der Waals surface area contributed by atoms with Gasteiger partial charge in [-0.1, -0.05) is 36.4 Å². The fourth-order valence-electron chi connectivity index (χ4n) is 1.85. The highest BCUT2D eigenvalue weighted by Crippen LogP contribution is 2.15. The summed E-state index contributed by atoms with van der Waals surface area (Å²) in [6, 6.07) is 16.2. The summed E-state index contributed by atoms with van der Waals surface area (Å²) in [6.07, 6.45) is 0.887. The molecule has 0 aliphatic heterocycles. The van der Waals surface area contributed by atoms with Crippen LogP contribution in [0.2, 0.25) is 0 Å². The molecule has 0 atom stereocenters. The molecular formula is C14H16N2. The van der Waals surface area contributed by atoms with E-state index in [1.165, 1.54) is 16.7 Å². The van der Waals surface area contributed by atoms with E-state index >= 15 is 0 Å². The number of rotatable bonds is 3. The first-order chi connectivity index (χ1) is 7.79. The molecule has 0 unspecified atom stereocenters. The molecule has 0 aliphatic carbocycles. The summed E-state index contributed by atoms with van der Waals surface area (Å²) >= 11 is 0. The van der Waals surface area contributed by atoms with Gasteiger partial charge in [0.2, 0.25) is 0 Å². The maximum absolute atomic E-state index is 5.76. The largest absolute Gasteiger partial charge is 0.399 e. The Hall–Kier alpha value is -1.80. The van der Waals surface area contributed by atoms with Crippen molar-refractivity contribution < 1.29 is 0 Å². The first-order valence-electron chi connectivity index (χ1n) is 5.41. The lowest BCUT2D eigenvalue weighted by atomic mass is 9.99. The number of nitrogen functional groups attached to an aromatic ring is 1. The molecule has 0 amide bonds. The highest BCUT2D eigenvalue weighted by atomic mass is 14.5. The van der Waals surface area contributed by atoms with Crippen LogP contribution in [0.5, 0.6) is 0 Å². The van der Waals surface area contributed by atoms with Gasteiger partial charge < -0.3 is 11.5 Å². The number of benzene rings is 2. The van der Waals surface area contributed by atoms with Crippen LogP contribution in [-0.2, 0) is 13.0 Å². The highest BCUT2D eigenvalue weighted by molar-refractivity contribution is 5.43. The van der Waals surface area contributed by atoms with Crippen molar-refractivity contribution >= 4 is 5.69 Å². The van der Waals surface area contributed by atoms with Crippen molar-refractivity contribution in [1.29, 1.82) is 0 Å². The molecule has 0 saturated carbocycles. The van der Waals surface area contributed by atoms with Crippen LogP contribution in [-0.4, -0.2) is 0 Å². The van der Waals surface area contributed by atoms with Crippen LogP contribution in [0.3, 0.4) is 0 Å². The Balaban J connectivity index is 2.26.